The van der Waals surface area contributed by atoms with Crippen LogP contribution in [0.5, 0.6) is 0 Å². The Morgan fingerprint density at radius 1 is 1.19 bits per heavy atom. The largest absolute Gasteiger partial charge is 0.339 e. The van der Waals surface area contributed by atoms with Gasteiger partial charge in [-0.25, -0.2) is 0 Å². The number of nitrogens with zero attached hydrogens (tertiary/aromatic N) is 4. The van der Waals surface area contributed by atoms with Crippen molar-refractivity contribution in [2.75, 3.05) is 12.3 Å². The van der Waals surface area contributed by atoms with Gasteiger partial charge in [0.1, 0.15) is 5.82 Å². The Morgan fingerprint density at radius 3 is 2.73 bits per heavy atom. The molecule has 26 heavy (non-hydrogen) atoms. The lowest BCUT2D eigenvalue weighted by Gasteiger charge is -2.35. The summed E-state index contributed by atoms with van der Waals surface area (Å²) in [5, 5.41) is 9.56. The molecule has 1 aliphatic heterocycles. The van der Waals surface area contributed by atoms with Crippen LogP contribution in [0.15, 0.2) is 35.5 Å². The predicted octanol–water partition coefficient (Wildman–Crippen LogP) is 3.77. The van der Waals surface area contributed by atoms with Crippen molar-refractivity contribution >= 4 is 17.7 Å². The van der Waals surface area contributed by atoms with Crippen LogP contribution in [-0.4, -0.2) is 43.9 Å². The Morgan fingerprint density at radius 2 is 2.00 bits per heavy atom. The van der Waals surface area contributed by atoms with E-state index in [0.29, 0.717) is 11.8 Å². The van der Waals surface area contributed by atoms with Gasteiger partial charge in [-0.15, -0.1) is 10.2 Å². The highest BCUT2D eigenvalue weighted by Gasteiger charge is 2.25. The second kappa shape index (κ2) is 9.21. The Balaban J connectivity index is 1.63. The van der Waals surface area contributed by atoms with Gasteiger partial charge in [0.15, 0.2) is 5.16 Å². The van der Waals surface area contributed by atoms with Crippen LogP contribution >= 0.6 is 11.8 Å². The molecule has 1 unspecified atom stereocenters. The minimum atomic E-state index is 0.233. The molecule has 0 saturated carbocycles. The van der Waals surface area contributed by atoms with Gasteiger partial charge in [0.05, 0.1) is 5.75 Å². The summed E-state index contributed by atoms with van der Waals surface area (Å²) in [5.74, 6) is 1.63. The quantitative estimate of drug-likeness (QED) is 0.694. The van der Waals surface area contributed by atoms with E-state index in [-0.39, 0.29) is 5.91 Å². The second-order valence-electron chi connectivity index (χ2n) is 6.74. The van der Waals surface area contributed by atoms with Crippen molar-refractivity contribution in [1.29, 1.82) is 0 Å². The van der Waals surface area contributed by atoms with Crippen molar-refractivity contribution in [1.82, 2.24) is 19.7 Å². The molecule has 1 amide bonds. The molecular formula is C20H28N4OS. The molecule has 1 aromatic heterocycles. The molecule has 3 rings (SSSR count). The molecule has 5 nitrogen and oxygen atoms in total. The summed E-state index contributed by atoms with van der Waals surface area (Å²) in [6.07, 6.45) is 5.31. The van der Waals surface area contributed by atoms with Crippen LogP contribution in [0.2, 0.25) is 0 Å². The molecule has 2 aromatic rings. The van der Waals surface area contributed by atoms with Gasteiger partial charge in [-0.1, -0.05) is 49.0 Å². The fourth-order valence-electron chi connectivity index (χ4n) is 3.62. The van der Waals surface area contributed by atoms with Crippen molar-refractivity contribution in [3.8, 4) is 0 Å². The van der Waals surface area contributed by atoms with Gasteiger partial charge in [0, 0.05) is 25.6 Å². The van der Waals surface area contributed by atoms with E-state index in [1.165, 1.54) is 23.7 Å². The molecule has 0 aliphatic carbocycles. The van der Waals surface area contributed by atoms with Crippen molar-refractivity contribution in [2.24, 2.45) is 0 Å². The highest BCUT2D eigenvalue weighted by Crippen LogP contribution is 2.23. The maximum atomic E-state index is 12.7. The van der Waals surface area contributed by atoms with Crippen molar-refractivity contribution in [2.45, 2.75) is 63.7 Å². The molecule has 0 N–H and O–H groups in total. The first kappa shape index (κ1) is 19.0. The molecule has 1 aliphatic rings. The number of hydrogen-bond acceptors (Lipinski definition) is 4. The molecule has 1 atom stereocenters. The average Bonchev–Trinajstić information content (AvgIpc) is 3.08. The number of piperidine rings is 1. The zero-order valence-corrected chi connectivity index (χ0v) is 16.5. The number of likely N-dealkylation sites (tertiary alicyclic amines) is 1. The number of thioether (sulfide) groups is 1. The van der Waals surface area contributed by atoms with Gasteiger partial charge in [-0.2, -0.15) is 0 Å². The van der Waals surface area contributed by atoms with Gasteiger partial charge in [0.25, 0.3) is 0 Å². The van der Waals surface area contributed by atoms with E-state index in [1.807, 2.05) is 18.2 Å². The number of carbonyl (C=O) groups excluding carboxylic acids is 1. The van der Waals surface area contributed by atoms with Crippen molar-refractivity contribution < 1.29 is 4.79 Å². The van der Waals surface area contributed by atoms with Gasteiger partial charge in [-0.3, -0.25) is 4.79 Å². The van der Waals surface area contributed by atoms with E-state index in [9.17, 15) is 4.79 Å². The first-order valence-corrected chi connectivity index (χ1v) is 10.6. The van der Waals surface area contributed by atoms with E-state index in [0.717, 1.165) is 49.8 Å². The number of hydrogen-bond donors (Lipinski definition) is 0. The highest BCUT2D eigenvalue weighted by atomic mass is 32.2. The minimum Gasteiger partial charge on any atom is -0.339 e. The van der Waals surface area contributed by atoms with Gasteiger partial charge in [-0.05, 0) is 38.2 Å². The van der Waals surface area contributed by atoms with E-state index < -0.39 is 0 Å². The molecule has 1 aromatic carbocycles. The summed E-state index contributed by atoms with van der Waals surface area (Å²) < 4.78 is 2.12. The number of aromatic nitrogens is 3. The molecule has 140 valence electrons. The van der Waals surface area contributed by atoms with E-state index in [4.69, 9.17) is 0 Å². The zero-order valence-electron chi connectivity index (χ0n) is 15.7. The summed E-state index contributed by atoms with van der Waals surface area (Å²) in [7, 11) is 0. The predicted molar refractivity (Wildman–Crippen MR) is 105 cm³/mol. The SMILES string of the molecule is CCC1CCCCN1C(=O)CSc1nnc(Cc2ccccc2)n1CC. The van der Waals surface area contributed by atoms with Crippen LogP contribution in [0, 0.1) is 0 Å². The molecule has 2 heterocycles. The topological polar surface area (TPSA) is 51.0 Å². The van der Waals surface area contributed by atoms with Crippen molar-refractivity contribution in [3.63, 3.8) is 0 Å². The van der Waals surface area contributed by atoms with Crippen LogP contribution in [0.25, 0.3) is 0 Å². The maximum Gasteiger partial charge on any atom is 0.233 e. The van der Waals surface area contributed by atoms with Gasteiger partial charge < -0.3 is 9.47 Å². The first-order valence-electron chi connectivity index (χ1n) is 9.61. The Bertz CT molecular complexity index is 716. The van der Waals surface area contributed by atoms with E-state index in [1.54, 1.807) is 0 Å². The summed E-state index contributed by atoms with van der Waals surface area (Å²) >= 11 is 1.52. The minimum absolute atomic E-state index is 0.233. The molecular weight excluding hydrogens is 344 g/mol. The zero-order chi connectivity index (χ0) is 18.4. The molecule has 6 heteroatoms. The average molecular weight is 373 g/mol. The normalized spacial score (nSPS) is 17.5. The van der Waals surface area contributed by atoms with Crippen LogP contribution in [-0.2, 0) is 17.8 Å². The molecule has 0 spiro atoms. The van der Waals surface area contributed by atoms with E-state index >= 15 is 0 Å². The third-order valence-corrected chi connectivity index (χ3v) is 6.01. The third-order valence-electron chi connectivity index (χ3n) is 5.06. The van der Waals surface area contributed by atoms with Gasteiger partial charge >= 0.3 is 0 Å². The maximum absolute atomic E-state index is 12.7. The Kier molecular flexibility index (Phi) is 6.72. The number of carbonyl (C=O) groups is 1. The fraction of sp³-hybridized carbons (Fsp3) is 0.550. The standard InChI is InChI=1S/C20H28N4OS/c1-3-17-12-8-9-13-24(17)19(25)15-26-20-22-21-18(23(20)4-2)14-16-10-6-5-7-11-16/h5-7,10-11,17H,3-4,8-9,12-15H2,1-2H3. The summed E-state index contributed by atoms with van der Waals surface area (Å²) in [4.78, 5) is 14.8. The Hall–Kier alpha value is -1.82. The number of benzene rings is 1. The lowest BCUT2D eigenvalue weighted by atomic mass is 10.0. The van der Waals surface area contributed by atoms with Crippen LogP contribution in [0.1, 0.15) is 50.9 Å². The van der Waals surface area contributed by atoms with Crippen LogP contribution in [0.3, 0.4) is 0 Å². The van der Waals surface area contributed by atoms with Crippen LogP contribution in [0.4, 0.5) is 0 Å². The molecule has 1 saturated heterocycles. The van der Waals surface area contributed by atoms with Crippen molar-refractivity contribution in [3.05, 3.63) is 41.7 Å². The summed E-state index contributed by atoms with van der Waals surface area (Å²) in [5.41, 5.74) is 1.22. The Labute approximate surface area is 160 Å². The lowest BCUT2D eigenvalue weighted by molar-refractivity contribution is -0.132. The lowest BCUT2D eigenvalue weighted by Crippen LogP contribution is -2.44. The molecule has 0 bridgehead atoms. The summed E-state index contributed by atoms with van der Waals surface area (Å²) in [6, 6.07) is 10.7. The summed E-state index contributed by atoms with van der Waals surface area (Å²) in [6.45, 7) is 5.99. The first-order chi connectivity index (χ1) is 12.7. The van der Waals surface area contributed by atoms with E-state index in [2.05, 4.69) is 45.6 Å². The number of rotatable bonds is 7. The van der Waals surface area contributed by atoms with Crippen LogP contribution < -0.4 is 0 Å². The monoisotopic (exact) mass is 372 g/mol. The molecule has 1 fully saturated rings. The fourth-order valence-corrected chi connectivity index (χ4v) is 4.52. The molecule has 0 radical (unpaired) electrons. The number of amides is 1. The third kappa shape index (κ3) is 4.47. The van der Waals surface area contributed by atoms with Gasteiger partial charge in [0.2, 0.25) is 5.91 Å². The smallest absolute Gasteiger partial charge is 0.233 e. The highest BCUT2D eigenvalue weighted by molar-refractivity contribution is 7.99. The second-order valence-corrected chi connectivity index (χ2v) is 7.68.